The molecule has 0 spiro atoms. The van der Waals surface area contributed by atoms with Crippen LogP contribution in [0.2, 0.25) is 0 Å². The topological polar surface area (TPSA) is 109 Å². The highest BCUT2D eigenvalue weighted by Gasteiger charge is 2.29. The second-order valence-corrected chi connectivity index (χ2v) is 11.7. The lowest BCUT2D eigenvalue weighted by molar-refractivity contribution is -0.0964. The molecule has 0 bridgehead atoms. The monoisotopic (exact) mass is 639 g/mol. The molecule has 0 fully saturated rings. The second kappa shape index (κ2) is 10.7. The highest BCUT2D eigenvalue weighted by molar-refractivity contribution is 6.20. The molecule has 1 atom stereocenters. The lowest BCUT2D eigenvalue weighted by atomic mass is 9.99. The predicted molar refractivity (Wildman–Crippen MR) is 166 cm³/mol. The van der Waals surface area contributed by atoms with E-state index in [1.54, 1.807) is 18.5 Å². The van der Waals surface area contributed by atoms with Crippen molar-refractivity contribution >= 4 is 34.2 Å². The third kappa shape index (κ3) is 5.05. The third-order valence-electron chi connectivity index (χ3n) is 8.11. The zero-order valence-electron chi connectivity index (χ0n) is 24.2. The van der Waals surface area contributed by atoms with Crippen LogP contribution in [0, 0.1) is 0 Å². The summed E-state index contributed by atoms with van der Waals surface area (Å²) in [6.07, 6.45) is 7.97. The zero-order chi connectivity index (χ0) is 31.6. The number of imidazole rings is 1. The van der Waals surface area contributed by atoms with Crippen LogP contribution in [0.3, 0.4) is 0 Å². The van der Waals surface area contributed by atoms with Crippen molar-refractivity contribution in [2.45, 2.75) is 31.6 Å². The molecule has 1 N–H and O–H groups in total. The smallest absolute Gasteiger partial charge is 0.420 e. The minimum Gasteiger partial charge on any atom is -0.420 e. The number of aromatic nitrogens is 6. The van der Waals surface area contributed by atoms with Crippen LogP contribution < -0.4 is 10.1 Å². The van der Waals surface area contributed by atoms with E-state index in [-0.39, 0.29) is 11.8 Å². The van der Waals surface area contributed by atoms with E-state index in [1.807, 2.05) is 35.3 Å². The van der Waals surface area contributed by atoms with Gasteiger partial charge in [0.2, 0.25) is 0 Å². The first-order chi connectivity index (χ1) is 22.2. The van der Waals surface area contributed by atoms with E-state index in [0.717, 1.165) is 50.7 Å². The molecule has 8 rings (SSSR count). The van der Waals surface area contributed by atoms with E-state index >= 15 is 0 Å². The Morgan fingerprint density at radius 1 is 1.11 bits per heavy atom. The van der Waals surface area contributed by atoms with Crippen LogP contribution in [-0.4, -0.2) is 47.4 Å². The van der Waals surface area contributed by atoms with Crippen molar-refractivity contribution in [3.05, 3.63) is 102 Å². The Morgan fingerprint density at radius 3 is 2.70 bits per heavy atom. The third-order valence-corrected chi connectivity index (χ3v) is 8.19. The van der Waals surface area contributed by atoms with E-state index < -0.39 is 11.5 Å². The molecule has 1 amide bonds. The van der Waals surface area contributed by atoms with Crippen LogP contribution in [0.1, 0.15) is 40.4 Å². The van der Waals surface area contributed by atoms with Gasteiger partial charge in [-0.1, -0.05) is 0 Å². The Labute approximate surface area is 265 Å². The maximum absolute atomic E-state index is 13.6. The fraction of sp³-hybridized carbons (Fsp3) is 0.182. The zero-order valence-corrected chi connectivity index (χ0v) is 25.0. The first-order valence-corrected chi connectivity index (χ1v) is 14.9. The summed E-state index contributed by atoms with van der Waals surface area (Å²) in [5.41, 5.74) is 4.77. The normalized spacial score (nSPS) is 15.3. The number of anilines is 1. The molecule has 0 saturated heterocycles. The average molecular weight is 640 g/mol. The van der Waals surface area contributed by atoms with Gasteiger partial charge in [0.05, 0.1) is 40.8 Å². The Kier molecular flexibility index (Phi) is 6.59. The average Bonchev–Trinajstić information content (AvgIpc) is 3.72. The number of nitrogens with zero attached hydrogens (tertiary/aromatic N) is 6. The number of nitrogens with one attached hydrogen (secondary N) is 1. The van der Waals surface area contributed by atoms with Gasteiger partial charge < -0.3 is 19.4 Å². The van der Waals surface area contributed by atoms with Gasteiger partial charge in [-0.25, -0.2) is 9.67 Å². The molecule has 2 aliphatic rings. The molecule has 6 aromatic rings. The van der Waals surface area contributed by atoms with Gasteiger partial charge in [0.1, 0.15) is 18.2 Å². The predicted octanol–water partition coefficient (Wildman–Crippen LogP) is 6.76. The number of carbonyl (C=O) groups excluding carboxylic acids is 1. The molecule has 1 aliphatic carbocycles. The molecule has 1 aliphatic heterocycles. The van der Waals surface area contributed by atoms with Crippen LogP contribution in [0.25, 0.3) is 39.1 Å². The molecule has 4 aromatic heterocycles. The van der Waals surface area contributed by atoms with Gasteiger partial charge in [0.15, 0.2) is 0 Å². The van der Waals surface area contributed by atoms with E-state index in [9.17, 15) is 13.6 Å². The fourth-order valence-corrected chi connectivity index (χ4v) is 6.20. The van der Waals surface area contributed by atoms with Gasteiger partial charge in [-0.05, 0) is 61.5 Å². The van der Waals surface area contributed by atoms with Crippen molar-refractivity contribution in [1.82, 2.24) is 29.3 Å². The summed E-state index contributed by atoms with van der Waals surface area (Å²) in [5.74, 6) is 0.230. The van der Waals surface area contributed by atoms with Crippen LogP contribution >= 0.6 is 11.6 Å². The van der Waals surface area contributed by atoms with Gasteiger partial charge in [-0.3, -0.25) is 14.8 Å². The van der Waals surface area contributed by atoms with Crippen molar-refractivity contribution in [3.8, 4) is 33.8 Å². The van der Waals surface area contributed by atoms with Gasteiger partial charge in [0.25, 0.3) is 5.91 Å². The summed E-state index contributed by atoms with van der Waals surface area (Å²) < 4.78 is 40.2. The molecule has 10 nitrogen and oxygen atoms in total. The Morgan fingerprint density at radius 2 is 1.91 bits per heavy atom. The van der Waals surface area contributed by atoms with Crippen molar-refractivity contribution in [3.63, 3.8) is 0 Å². The number of amides is 1. The number of halogens is 3. The number of fused-ring (bicyclic) bond motifs is 6. The molecular weight excluding hydrogens is 616 g/mol. The Balaban J connectivity index is 1.20. The highest BCUT2D eigenvalue weighted by Crippen LogP contribution is 2.40. The number of alkyl halides is 3. The van der Waals surface area contributed by atoms with Crippen LogP contribution in [0.4, 0.5) is 14.5 Å². The molecule has 0 radical (unpaired) electrons. The van der Waals surface area contributed by atoms with Crippen molar-refractivity contribution in [2.24, 2.45) is 0 Å². The van der Waals surface area contributed by atoms with Gasteiger partial charge >= 0.3 is 5.57 Å². The second-order valence-electron chi connectivity index (χ2n) is 11.2. The van der Waals surface area contributed by atoms with Crippen LogP contribution in [-0.2, 0) is 17.8 Å². The Hall–Kier alpha value is -5.20. The quantitative estimate of drug-likeness (QED) is 0.200. The molecule has 230 valence electrons. The molecule has 5 heterocycles. The maximum Gasteiger partial charge on any atom is 0.487 e. The summed E-state index contributed by atoms with van der Waals surface area (Å²) in [7, 11) is 0. The number of ether oxygens (including phenoxy) is 2. The van der Waals surface area contributed by atoms with Gasteiger partial charge in [-0.15, -0.1) is 8.78 Å². The summed E-state index contributed by atoms with van der Waals surface area (Å²) >= 11 is 4.86. The maximum atomic E-state index is 13.6. The van der Waals surface area contributed by atoms with E-state index in [0.29, 0.717) is 36.4 Å². The van der Waals surface area contributed by atoms with E-state index in [2.05, 4.69) is 32.6 Å². The molecule has 46 heavy (non-hydrogen) atoms. The highest BCUT2D eigenvalue weighted by atomic mass is 35.5. The van der Waals surface area contributed by atoms with E-state index in [4.69, 9.17) is 31.4 Å². The van der Waals surface area contributed by atoms with Crippen molar-refractivity contribution in [2.75, 3.05) is 11.9 Å². The van der Waals surface area contributed by atoms with Crippen LogP contribution in [0.5, 0.6) is 5.75 Å². The van der Waals surface area contributed by atoms with Crippen molar-refractivity contribution in [1.29, 1.82) is 0 Å². The largest absolute Gasteiger partial charge is 0.487 e. The number of carbonyl (C=O) groups is 1. The first kappa shape index (κ1) is 28.3. The van der Waals surface area contributed by atoms with Crippen LogP contribution in [0.15, 0.2) is 79.4 Å². The molecule has 0 unspecified atom stereocenters. The van der Waals surface area contributed by atoms with Crippen molar-refractivity contribution < 1.29 is 23.0 Å². The molecule has 2 aromatic carbocycles. The first-order valence-electron chi connectivity index (χ1n) is 14.5. The summed E-state index contributed by atoms with van der Waals surface area (Å²) in [4.78, 5) is 27.4. The number of benzene rings is 2. The summed E-state index contributed by atoms with van der Waals surface area (Å²) in [5, 5.41) is 7.71. The van der Waals surface area contributed by atoms with E-state index in [1.165, 1.54) is 24.3 Å². The lowest BCUT2D eigenvalue weighted by Gasteiger charge is -2.23. The lowest BCUT2D eigenvalue weighted by Crippen LogP contribution is -2.21. The minimum absolute atomic E-state index is 0.0262. The SMILES string of the molecule is C[C@@H]1COCc2nc3cc(C(=O)Nc4ccc(OC(F)(F)Cl)cc4)cc(-c4cnc5c(c4)-c4nn(-c6ccncc6)cc4C5)c3n21. The molecular formula is C33H24ClF2N7O3. The number of hydrogen-bond acceptors (Lipinski definition) is 7. The minimum atomic E-state index is -3.84. The number of pyridine rings is 2. The summed E-state index contributed by atoms with van der Waals surface area (Å²) in [6, 6.07) is 15.0. The standard InChI is InChI=1S/C33H24ClF2N7O3/c1-18-16-45-17-29-40-28-12-19(32(44)39-22-2-4-24(5-3-22)46-33(34,35)36)10-25(31(28)43(18)29)20-11-26-27(38-14-20)13-21-15-42(41-30(21)26)23-6-8-37-9-7-23/h2-12,14-15,18H,13,16-17H2,1H3,(H,39,44)/t18-/m1/s1. The summed E-state index contributed by atoms with van der Waals surface area (Å²) in [6.45, 7) is 2.96. The van der Waals surface area contributed by atoms with Gasteiger partial charge in [-0.2, -0.15) is 5.10 Å². The Bertz CT molecular complexity index is 2140. The van der Waals surface area contributed by atoms with Gasteiger partial charge in [0, 0.05) is 76.3 Å². The fourth-order valence-electron chi connectivity index (χ4n) is 6.11. The number of hydrogen-bond donors (Lipinski definition) is 1. The number of rotatable bonds is 6. The molecule has 0 saturated carbocycles. The molecule has 13 heteroatoms.